The molecule has 1 aliphatic heterocycles. The summed E-state index contributed by atoms with van der Waals surface area (Å²) in [5.41, 5.74) is 5.93. The van der Waals surface area contributed by atoms with Crippen LogP contribution in [-0.4, -0.2) is 47.3 Å². The van der Waals surface area contributed by atoms with Crippen LogP contribution >= 0.6 is 11.3 Å². The Morgan fingerprint density at radius 1 is 1.50 bits per heavy atom. The first-order valence-corrected chi connectivity index (χ1v) is 10.6. The normalized spacial score (nSPS) is 21.7. The molecule has 22 heavy (non-hydrogen) atoms. The quantitative estimate of drug-likeness (QED) is 0.613. The van der Waals surface area contributed by atoms with Crippen LogP contribution in [0.2, 0.25) is 0 Å². The maximum absolute atomic E-state index is 12.6. The van der Waals surface area contributed by atoms with Crippen LogP contribution in [0.5, 0.6) is 0 Å². The van der Waals surface area contributed by atoms with Crippen LogP contribution in [0.25, 0.3) is 0 Å². The summed E-state index contributed by atoms with van der Waals surface area (Å²) in [5.74, 6) is 0. The van der Waals surface area contributed by atoms with Gasteiger partial charge in [-0.2, -0.15) is 4.31 Å². The highest BCUT2D eigenvalue weighted by molar-refractivity contribution is 7.94. The summed E-state index contributed by atoms with van der Waals surface area (Å²) in [6, 6.07) is 1.11. The van der Waals surface area contributed by atoms with Gasteiger partial charge in [0.2, 0.25) is 10.0 Å². The second kappa shape index (κ2) is 6.51. The van der Waals surface area contributed by atoms with Crippen LogP contribution in [0.1, 0.15) is 24.9 Å². The summed E-state index contributed by atoms with van der Waals surface area (Å²) < 4.78 is 49.6. The van der Waals surface area contributed by atoms with E-state index >= 15 is 0 Å². The van der Waals surface area contributed by atoms with Crippen LogP contribution in [0.15, 0.2) is 14.5 Å². The summed E-state index contributed by atoms with van der Waals surface area (Å²) in [6.07, 6.45) is 0.542. The number of sulfonamides is 2. The van der Waals surface area contributed by atoms with Crippen molar-refractivity contribution in [2.75, 3.05) is 26.2 Å². The molecular weight excluding hydrogens is 348 g/mol. The van der Waals surface area contributed by atoms with E-state index in [1.54, 1.807) is 0 Å². The van der Waals surface area contributed by atoms with Crippen molar-refractivity contribution in [1.82, 2.24) is 9.62 Å². The van der Waals surface area contributed by atoms with Gasteiger partial charge in [0.1, 0.15) is 8.42 Å². The molecule has 11 heteroatoms. The van der Waals surface area contributed by atoms with Crippen molar-refractivity contribution >= 4 is 31.4 Å². The fourth-order valence-electron chi connectivity index (χ4n) is 2.37. The molecule has 1 aromatic rings. The zero-order valence-corrected chi connectivity index (χ0v) is 14.6. The second-order valence-electron chi connectivity index (χ2n) is 4.97. The van der Waals surface area contributed by atoms with Gasteiger partial charge in [-0.05, 0) is 25.6 Å². The summed E-state index contributed by atoms with van der Waals surface area (Å²) in [7, 11) is -7.64. The maximum Gasteiger partial charge on any atom is 0.252 e. The number of hydrogen-bond acceptors (Lipinski definition) is 7. The molecule has 1 atom stereocenters. The molecule has 0 saturated heterocycles. The topological polar surface area (TPSA) is 136 Å². The lowest BCUT2D eigenvalue weighted by molar-refractivity contribution is 0.342. The van der Waals surface area contributed by atoms with Crippen LogP contribution in [0.4, 0.5) is 0 Å². The Balaban J connectivity index is 2.52. The van der Waals surface area contributed by atoms with E-state index in [-0.39, 0.29) is 21.0 Å². The van der Waals surface area contributed by atoms with Crippen LogP contribution < -0.4 is 16.2 Å². The molecule has 0 bridgehead atoms. The maximum atomic E-state index is 12.6. The van der Waals surface area contributed by atoms with E-state index in [9.17, 15) is 16.8 Å². The predicted octanol–water partition coefficient (Wildman–Crippen LogP) is -0.601. The van der Waals surface area contributed by atoms with Gasteiger partial charge >= 0.3 is 0 Å². The van der Waals surface area contributed by atoms with E-state index in [4.69, 9.17) is 10.9 Å². The monoisotopic (exact) mass is 368 g/mol. The van der Waals surface area contributed by atoms with Gasteiger partial charge in [0.25, 0.3) is 10.0 Å². The number of likely N-dealkylation sites (N-methyl/N-ethyl adjacent to an activating group) is 1. The minimum atomic E-state index is -3.93. The van der Waals surface area contributed by atoms with Crippen LogP contribution in [-0.2, 0) is 20.0 Å². The Hall–Kier alpha value is -0.560. The van der Waals surface area contributed by atoms with E-state index < -0.39 is 20.0 Å². The molecular formula is C11H20N4O4S3. The minimum absolute atomic E-state index is 0.0470. The highest BCUT2D eigenvalue weighted by atomic mass is 32.3. The zero-order valence-electron chi connectivity index (χ0n) is 12.1. The van der Waals surface area contributed by atoms with Crippen molar-refractivity contribution in [3.63, 3.8) is 0 Å². The lowest BCUT2D eigenvalue weighted by Crippen LogP contribution is -2.44. The number of rotatable bonds is 6. The molecule has 0 spiro atoms. The zero-order chi connectivity index (χ0) is 16.5. The average molecular weight is 369 g/mol. The van der Waals surface area contributed by atoms with E-state index in [1.807, 2.05) is 6.92 Å². The predicted molar refractivity (Wildman–Crippen MR) is 84.5 cm³/mol. The lowest BCUT2D eigenvalue weighted by Gasteiger charge is -2.32. The second-order valence-corrected chi connectivity index (χ2v) is 9.94. The Kier molecular flexibility index (Phi) is 5.27. The third-order valence-electron chi connectivity index (χ3n) is 3.38. The minimum Gasteiger partial charge on any atom is -0.330 e. The number of hydrogen-bond donors (Lipinski definition) is 3. The molecule has 2 heterocycles. The first-order valence-electron chi connectivity index (χ1n) is 6.82. The molecule has 0 aromatic carbocycles. The number of thiophene rings is 1. The van der Waals surface area contributed by atoms with Crippen molar-refractivity contribution in [2.24, 2.45) is 10.9 Å². The highest BCUT2D eigenvalue weighted by Gasteiger charge is 2.39. The van der Waals surface area contributed by atoms with Crippen molar-refractivity contribution in [3.05, 3.63) is 11.6 Å². The van der Waals surface area contributed by atoms with Crippen LogP contribution in [0.3, 0.4) is 0 Å². The van der Waals surface area contributed by atoms with E-state index in [1.165, 1.54) is 10.4 Å². The average Bonchev–Trinajstić information content (AvgIpc) is 2.87. The molecule has 0 saturated carbocycles. The molecule has 0 fully saturated rings. The Morgan fingerprint density at radius 2 is 2.18 bits per heavy atom. The summed E-state index contributed by atoms with van der Waals surface area (Å²) in [4.78, 5) is 0. The van der Waals surface area contributed by atoms with Crippen molar-refractivity contribution < 1.29 is 16.8 Å². The lowest BCUT2D eigenvalue weighted by atomic mass is 10.1. The highest BCUT2D eigenvalue weighted by Crippen LogP contribution is 2.39. The van der Waals surface area contributed by atoms with Crippen molar-refractivity contribution in [2.45, 2.75) is 27.8 Å². The van der Waals surface area contributed by atoms with Gasteiger partial charge in [0.05, 0.1) is 0 Å². The molecule has 126 valence electrons. The third kappa shape index (κ3) is 3.35. The SMILES string of the molecule is CCN[C@H]1CN(CCCN)S(=O)(=O)c2sc(S(N)(=O)=O)cc21. The molecule has 1 aromatic heterocycles. The third-order valence-corrected chi connectivity index (χ3v) is 8.34. The van der Waals surface area contributed by atoms with Gasteiger partial charge in [0.15, 0.2) is 0 Å². The number of nitrogens with zero attached hydrogens (tertiary/aromatic N) is 1. The summed E-state index contributed by atoms with van der Waals surface area (Å²) in [6.45, 7) is 3.49. The molecule has 0 radical (unpaired) electrons. The Morgan fingerprint density at radius 3 is 2.73 bits per heavy atom. The smallest absolute Gasteiger partial charge is 0.252 e. The molecule has 2 rings (SSSR count). The van der Waals surface area contributed by atoms with E-state index in [2.05, 4.69) is 5.32 Å². The first-order chi connectivity index (χ1) is 10.2. The number of nitrogens with two attached hydrogens (primary N) is 2. The Bertz CT molecular complexity index is 741. The van der Waals surface area contributed by atoms with Gasteiger partial charge in [-0.1, -0.05) is 6.92 Å². The van der Waals surface area contributed by atoms with Gasteiger partial charge in [-0.3, -0.25) is 0 Å². The van der Waals surface area contributed by atoms with Crippen molar-refractivity contribution in [1.29, 1.82) is 0 Å². The van der Waals surface area contributed by atoms with Crippen molar-refractivity contribution in [3.8, 4) is 0 Å². The molecule has 5 N–H and O–H groups in total. The number of nitrogens with one attached hydrogen (secondary N) is 1. The molecule has 0 unspecified atom stereocenters. The van der Waals surface area contributed by atoms with E-state index in [0.717, 1.165) is 0 Å². The fourth-order valence-corrected chi connectivity index (χ4v) is 6.67. The molecule has 1 aliphatic rings. The van der Waals surface area contributed by atoms with Gasteiger partial charge in [-0.25, -0.2) is 22.0 Å². The van der Waals surface area contributed by atoms with Crippen LogP contribution in [0, 0.1) is 0 Å². The van der Waals surface area contributed by atoms with Gasteiger partial charge in [-0.15, -0.1) is 11.3 Å². The largest absolute Gasteiger partial charge is 0.330 e. The first kappa shape index (κ1) is 17.8. The van der Waals surface area contributed by atoms with Gasteiger partial charge in [0, 0.05) is 24.7 Å². The number of fused-ring (bicyclic) bond motifs is 1. The Labute approximate surface area is 134 Å². The molecule has 8 nitrogen and oxygen atoms in total. The van der Waals surface area contributed by atoms with Gasteiger partial charge < -0.3 is 11.1 Å². The number of primary sulfonamides is 1. The standard InChI is InChI=1S/C11H20N4O4S3/c1-2-14-9-7-15(5-3-4-12)22(18,19)11-8(9)6-10(20-11)21(13,16)17/h6,9,14H,2-5,7,12H2,1H3,(H2,13,16,17)/t9-/m0/s1. The molecule has 0 amide bonds. The van der Waals surface area contributed by atoms with E-state index in [0.29, 0.717) is 43.0 Å². The summed E-state index contributed by atoms with van der Waals surface area (Å²) >= 11 is 0.702. The fraction of sp³-hybridized carbons (Fsp3) is 0.636. The summed E-state index contributed by atoms with van der Waals surface area (Å²) in [5, 5.41) is 8.31. The molecule has 0 aliphatic carbocycles.